The van der Waals surface area contributed by atoms with Crippen molar-refractivity contribution in [3.8, 4) is 5.75 Å². The number of rotatable bonds is 6. The van der Waals surface area contributed by atoms with Crippen molar-refractivity contribution in [2.75, 3.05) is 6.79 Å². The number of hydrogen-bond donors (Lipinski definition) is 0. The van der Waals surface area contributed by atoms with Crippen LogP contribution in [0.3, 0.4) is 0 Å². The summed E-state index contributed by atoms with van der Waals surface area (Å²) in [7, 11) is 0. The lowest BCUT2D eigenvalue weighted by molar-refractivity contribution is -0.385. The molecule has 2 heterocycles. The molecule has 2 aliphatic rings. The summed E-state index contributed by atoms with van der Waals surface area (Å²) in [5, 5.41) is 15.5. The first-order valence-electron chi connectivity index (χ1n) is 7.96. The van der Waals surface area contributed by atoms with Gasteiger partial charge in [-0.15, -0.1) is 0 Å². The molecule has 0 radical (unpaired) electrons. The van der Waals surface area contributed by atoms with Crippen molar-refractivity contribution >= 4 is 17.0 Å². The van der Waals surface area contributed by atoms with E-state index in [1.807, 2.05) is 0 Å². The van der Waals surface area contributed by atoms with Gasteiger partial charge in [-0.2, -0.15) is 11.3 Å². The summed E-state index contributed by atoms with van der Waals surface area (Å²) >= 11 is 1.69. The molecule has 6 nitrogen and oxygen atoms in total. The minimum Gasteiger partial charge on any atom is -0.467 e. The molecule has 0 bridgehead atoms. The number of nitro benzene ring substituents is 1. The normalized spacial score (nSPS) is 16.7. The highest BCUT2D eigenvalue weighted by Crippen LogP contribution is 2.36. The molecule has 0 unspecified atom stereocenters. The molecule has 1 aromatic heterocycles. The molecule has 7 heteroatoms. The fraction of sp³-hybridized carbons (Fsp3) is 0.412. The van der Waals surface area contributed by atoms with E-state index in [0.717, 1.165) is 23.4 Å². The molecule has 24 heavy (non-hydrogen) atoms. The second kappa shape index (κ2) is 6.51. The highest BCUT2D eigenvalue weighted by molar-refractivity contribution is 7.07. The van der Waals surface area contributed by atoms with Crippen LogP contribution in [0, 0.1) is 10.1 Å². The predicted molar refractivity (Wildman–Crippen MR) is 90.0 cm³/mol. The van der Waals surface area contributed by atoms with E-state index >= 15 is 0 Å². The van der Waals surface area contributed by atoms with Gasteiger partial charge in [0.25, 0.3) is 5.69 Å². The van der Waals surface area contributed by atoms with Gasteiger partial charge in [-0.25, -0.2) is 0 Å². The van der Waals surface area contributed by atoms with Gasteiger partial charge in [0.15, 0.2) is 6.79 Å². The summed E-state index contributed by atoms with van der Waals surface area (Å²) < 4.78 is 10.9. The molecular formula is C17H18N2O4S. The van der Waals surface area contributed by atoms with E-state index in [4.69, 9.17) is 9.47 Å². The second-order valence-corrected chi connectivity index (χ2v) is 7.01. The molecule has 2 aromatic rings. The number of hydrogen-bond acceptors (Lipinski definition) is 6. The molecule has 0 amide bonds. The van der Waals surface area contributed by atoms with Crippen LogP contribution in [-0.2, 0) is 24.4 Å². The van der Waals surface area contributed by atoms with Crippen LogP contribution in [0.4, 0.5) is 5.69 Å². The van der Waals surface area contributed by atoms with Crippen LogP contribution in [0.2, 0.25) is 0 Å². The Morgan fingerprint density at radius 2 is 2.21 bits per heavy atom. The van der Waals surface area contributed by atoms with Gasteiger partial charge in [0.2, 0.25) is 0 Å². The summed E-state index contributed by atoms with van der Waals surface area (Å²) in [5.41, 5.74) is 3.03. The molecule has 0 N–H and O–H groups in total. The van der Waals surface area contributed by atoms with Crippen LogP contribution >= 0.6 is 11.3 Å². The van der Waals surface area contributed by atoms with Gasteiger partial charge < -0.3 is 9.47 Å². The number of ether oxygens (including phenoxy) is 2. The fourth-order valence-electron chi connectivity index (χ4n) is 3.09. The van der Waals surface area contributed by atoms with Gasteiger partial charge in [0.1, 0.15) is 5.75 Å². The highest BCUT2D eigenvalue weighted by atomic mass is 32.1. The number of thiophene rings is 1. The second-order valence-electron chi connectivity index (χ2n) is 6.23. The summed E-state index contributed by atoms with van der Waals surface area (Å²) in [4.78, 5) is 13.3. The first-order valence-corrected chi connectivity index (χ1v) is 8.91. The SMILES string of the molecule is O=[N+]([O-])c1cc2c(c(CN(Cc3ccsc3)C3CC3)c1)OCOC2. The van der Waals surface area contributed by atoms with Gasteiger partial charge in [-0.3, -0.25) is 15.0 Å². The van der Waals surface area contributed by atoms with Crippen LogP contribution in [-0.4, -0.2) is 22.7 Å². The summed E-state index contributed by atoms with van der Waals surface area (Å²) in [6.45, 7) is 2.08. The van der Waals surface area contributed by atoms with Crippen LogP contribution in [0.15, 0.2) is 29.0 Å². The molecule has 0 spiro atoms. The van der Waals surface area contributed by atoms with Gasteiger partial charge in [-0.1, -0.05) is 0 Å². The zero-order valence-corrected chi connectivity index (χ0v) is 14.0. The van der Waals surface area contributed by atoms with E-state index in [2.05, 4.69) is 21.7 Å². The summed E-state index contributed by atoms with van der Waals surface area (Å²) in [6.07, 6.45) is 2.37. The predicted octanol–water partition coefficient (Wildman–Crippen LogP) is 3.69. The number of nitro groups is 1. The zero-order chi connectivity index (χ0) is 16.5. The molecule has 0 atom stereocenters. The maximum Gasteiger partial charge on any atom is 0.270 e. The Labute approximate surface area is 143 Å². The summed E-state index contributed by atoms with van der Waals surface area (Å²) in [5.74, 6) is 0.753. The lowest BCUT2D eigenvalue weighted by Gasteiger charge is -2.25. The van der Waals surface area contributed by atoms with E-state index in [9.17, 15) is 10.1 Å². The number of benzene rings is 1. The lowest BCUT2D eigenvalue weighted by atomic mass is 10.1. The minimum absolute atomic E-state index is 0.101. The number of non-ortho nitro benzene ring substituents is 1. The Bertz CT molecular complexity index is 743. The largest absolute Gasteiger partial charge is 0.467 e. The first kappa shape index (κ1) is 15.6. The zero-order valence-electron chi connectivity index (χ0n) is 13.1. The Morgan fingerprint density at radius 3 is 2.92 bits per heavy atom. The van der Waals surface area contributed by atoms with Gasteiger partial charge >= 0.3 is 0 Å². The molecule has 1 fully saturated rings. The minimum atomic E-state index is -0.348. The molecule has 0 saturated heterocycles. The van der Waals surface area contributed by atoms with Crippen molar-refractivity contribution in [3.05, 3.63) is 55.8 Å². The smallest absolute Gasteiger partial charge is 0.270 e. The topological polar surface area (TPSA) is 64.8 Å². The van der Waals surface area contributed by atoms with Crippen LogP contribution in [0.5, 0.6) is 5.75 Å². The number of fused-ring (bicyclic) bond motifs is 1. The van der Waals surface area contributed by atoms with Crippen molar-refractivity contribution in [1.29, 1.82) is 0 Å². The standard InChI is InChI=1S/C17H18N2O4S/c20-19(21)16-5-13(17-14(6-16)9-22-11-23-17)8-18(15-1-2-15)7-12-3-4-24-10-12/h3-6,10,15H,1-2,7-9,11H2. The van der Waals surface area contributed by atoms with E-state index in [1.165, 1.54) is 18.4 Å². The third-order valence-corrected chi connectivity index (χ3v) is 5.12. The molecular weight excluding hydrogens is 328 g/mol. The molecule has 1 aliphatic heterocycles. The number of nitrogens with zero attached hydrogens (tertiary/aromatic N) is 2. The molecule has 126 valence electrons. The van der Waals surface area contributed by atoms with Gasteiger partial charge in [-0.05, 0) is 35.2 Å². The van der Waals surface area contributed by atoms with Crippen molar-refractivity contribution in [1.82, 2.24) is 4.90 Å². The Morgan fingerprint density at radius 1 is 1.33 bits per heavy atom. The summed E-state index contributed by atoms with van der Waals surface area (Å²) in [6, 6.07) is 5.89. The maximum absolute atomic E-state index is 11.2. The Kier molecular flexibility index (Phi) is 4.22. The van der Waals surface area contributed by atoms with E-state index in [-0.39, 0.29) is 17.4 Å². The quantitative estimate of drug-likeness (QED) is 0.589. The third kappa shape index (κ3) is 3.28. The van der Waals surface area contributed by atoms with E-state index in [0.29, 0.717) is 19.2 Å². The third-order valence-electron chi connectivity index (χ3n) is 4.38. The van der Waals surface area contributed by atoms with Gasteiger partial charge in [0, 0.05) is 42.4 Å². The average molecular weight is 346 g/mol. The Hall–Kier alpha value is -1.96. The Balaban J connectivity index is 1.64. The lowest BCUT2D eigenvalue weighted by Crippen LogP contribution is -2.26. The fourth-order valence-corrected chi connectivity index (χ4v) is 3.75. The molecule has 1 aliphatic carbocycles. The van der Waals surface area contributed by atoms with Crippen molar-refractivity contribution in [2.45, 2.75) is 38.6 Å². The van der Waals surface area contributed by atoms with Crippen LogP contribution < -0.4 is 4.74 Å². The average Bonchev–Trinajstić information content (AvgIpc) is 3.31. The maximum atomic E-state index is 11.2. The monoisotopic (exact) mass is 346 g/mol. The van der Waals surface area contributed by atoms with Crippen molar-refractivity contribution in [2.24, 2.45) is 0 Å². The molecule has 1 aromatic carbocycles. The van der Waals surface area contributed by atoms with E-state index < -0.39 is 0 Å². The highest BCUT2D eigenvalue weighted by Gasteiger charge is 2.31. The molecule has 1 saturated carbocycles. The van der Waals surface area contributed by atoms with Gasteiger partial charge in [0.05, 0.1) is 11.5 Å². The van der Waals surface area contributed by atoms with E-state index in [1.54, 1.807) is 23.5 Å². The molecule has 4 rings (SSSR count). The van der Waals surface area contributed by atoms with Crippen molar-refractivity contribution in [3.63, 3.8) is 0 Å². The van der Waals surface area contributed by atoms with Crippen LogP contribution in [0.25, 0.3) is 0 Å². The van der Waals surface area contributed by atoms with Crippen molar-refractivity contribution < 1.29 is 14.4 Å². The van der Waals surface area contributed by atoms with Crippen LogP contribution in [0.1, 0.15) is 29.5 Å². The first-order chi connectivity index (χ1) is 11.7.